The summed E-state index contributed by atoms with van der Waals surface area (Å²) in [5.41, 5.74) is 2.62. The number of rotatable bonds is 13. The second-order valence-corrected chi connectivity index (χ2v) is 9.36. The van der Waals surface area contributed by atoms with Crippen LogP contribution in [0.4, 0.5) is 4.39 Å². The van der Waals surface area contributed by atoms with Crippen molar-refractivity contribution in [3.05, 3.63) is 95.3 Å². The summed E-state index contributed by atoms with van der Waals surface area (Å²) in [7, 11) is 3.15. The monoisotopic (exact) mass is 520 g/mol. The number of nitrogens with zero attached hydrogens (tertiary/aromatic N) is 1. The molecule has 3 aromatic carbocycles. The van der Waals surface area contributed by atoms with E-state index < -0.39 is 6.04 Å². The second kappa shape index (κ2) is 14.2. The molecule has 0 saturated carbocycles. The summed E-state index contributed by atoms with van der Waals surface area (Å²) >= 11 is 0. The van der Waals surface area contributed by atoms with Crippen molar-refractivity contribution in [1.29, 1.82) is 0 Å². The fourth-order valence-electron chi connectivity index (χ4n) is 4.21. The molecule has 2 amide bonds. The molecule has 0 aliphatic carbocycles. The van der Waals surface area contributed by atoms with Gasteiger partial charge in [-0.1, -0.05) is 55.5 Å². The summed E-state index contributed by atoms with van der Waals surface area (Å²) in [5, 5.41) is 3.06. The van der Waals surface area contributed by atoms with Crippen LogP contribution in [0.1, 0.15) is 43.4 Å². The maximum atomic E-state index is 13.8. The summed E-state index contributed by atoms with van der Waals surface area (Å²) in [6, 6.07) is 20.5. The van der Waals surface area contributed by atoms with Gasteiger partial charge in [-0.05, 0) is 60.7 Å². The van der Waals surface area contributed by atoms with Gasteiger partial charge < -0.3 is 19.7 Å². The fourth-order valence-corrected chi connectivity index (χ4v) is 4.21. The van der Waals surface area contributed by atoms with Crippen LogP contribution in [0.15, 0.2) is 72.8 Å². The van der Waals surface area contributed by atoms with Gasteiger partial charge in [0.1, 0.15) is 11.9 Å². The zero-order chi connectivity index (χ0) is 27.5. The van der Waals surface area contributed by atoms with Crippen molar-refractivity contribution < 1.29 is 23.5 Å². The lowest BCUT2D eigenvalue weighted by atomic mass is 10.0. The van der Waals surface area contributed by atoms with E-state index in [-0.39, 0.29) is 36.6 Å². The van der Waals surface area contributed by atoms with Crippen LogP contribution >= 0.6 is 0 Å². The van der Waals surface area contributed by atoms with Crippen LogP contribution < -0.4 is 14.8 Å². The molecule has 2 atom stereocenters. The molecule has 0 aliphatic rings. The number of aryl methyl sites for hydroxylation is 1. The van der Waals surface area contributed by atoms with Gasteiger partial charge in [-0.2, -0.15) is 0 Å². The molecule has 38 heavy (non-hydrogen) atoms. The average Bonchev–Trinajstić information content (AvgIpc) is 2.94. The molecule has 7 heteroatoms. The van der Waals surface area contributed by atoms with E-state index in [4.69, 9.17) is 9.47 Å². The van der Waals surface area contributed by atoms with E-state index in [1.54, 1.807) is 31.3 Å². The number of nitrogens with one attached hydrogen (secondary N) is 1. The first-order chi connectivity index (χ1) is 18.3. The van der Waals surface area contributed by atoms with Crippen molar-refractivity contribution in [2.24, 2.45) is 0 Å². The molecule has 3 rings (SSSR count). The van der Waals surface area contributed by atoms with E-state index in [1.807, 2.05) is 62.4 Å². The minimum Gasteiger partial charge on any atom is -0.493 e. The van der Waals surface area contributed by atoms with Crippen molar-refractivity contribution >= 4 is 11.8 Å². The molecule has 0 aromatic heterocycles. The number of hydrogen-bond donors (Lipinski definition) is 1. The Morgan fingerprint density at radius 1 is 0.895 bits per heavy atom. The summed E-state index contributed by atoms with van der Waals surface area (Å²) in [5.74, 6) is 0.491. The van der Waals surface area contributed by atoms with Gasteiger partial charge in [-0.25, -0.2) is 4.39 Å². The highest BCUT2D eigenvalue weighted by Gasteiger charge is 2.30. The number of benzene rings is 3. The Balaban J connectivity index is 1.90. The lowest BCUT2D eigenvalue weighted by molar-refractivity contribution is -0.141. The van der Waals surface area contributed by atoms with Gasteiger partial charge in [0.2, 0.25) is 11.8 Å². The highest BCUT2D eigenvalue weighted by molar-refractivity contribution is 5.88. The van der Waals surface area contributed by atoms with Crippen LogP contribution in [0, 0.1) is 5.82 Å². The number of carbonyl (C=O) groups is 2. The molecule has 0 saturated heterocycles. The van der Waals surface area contributed by atoms with Crippen LogP contribution in [-0.4, -0.2) is 43.0 Å². The van der Waals surface area contributed by atoms with Crippen molar-refractivity contribution in [1.82, 2.24) is 10.2 Å². The van der Waals surface area contributed by atoms with Gasteiger partial charge >= 0.3 is 0 Å². The van der Waals surface area contributed by atoms with Crippen LogP contribution in [0.2, 0.25) is 0 Å². The summed E-state index contributed by atoms with van der Waals surface area (Å²) in [6.45, 7) is 4.14. The molecule has 0 heterocycles. The summed E-state index contributed by atoms with van der Waals surface area (Å²) < 4.78 is 24.3. The van der Waals surface area contributed by atoms with E-state index in [0.29, 0.717) is 24.3 Å². The van der Waals surface area contributed by atoms with Crippen molar-refractivity contribution in [3.63, 3.8) is 0 Å². The van der Waals surface area contributed by atoms with Gasteiger partial charge in [0, 0.05) is 25.4 Å². The van der Waals surface area contributed by atoms with E-state index in [2.05, 4.69) is 5.32 Å². The standard InChI is InChI=1S/C31H37FN2O4/c1-5-22(2)33-31(36)27(19-23-9-7-6-8-10-23)34(21-25-11-15-26(32)16-12-25)30(35)18-14-24-13-17-28(37-3)29(20-24)38-4/h6-13,15-17,20,22,27H,5,14,18-19,21H2,1-4H3,(H,33,36)/t22-,27-/m1/s1. The maximum absolute atomic E-state index is 13.8. The third-order valence-electron chi connectivity index (χ3n) is 6.61. The molecule has 3 aromatic rings. The van der Waals surface area contributed by atoms with E-state index in [1.165, 1.54) is 12.1 Å². The molecule has 0 bridgehead atoms. The molecule has 6 nitrogen and oxygen atoms in total. The molecular weight excluding hydrogens is 483 g/mol. The third-order valence-corrected chi connectivity index (χ3v) is 6.61. The molecule has 0 fully saturated rings. The lowest BCUT2D eigenvalue weighted by Gasteiger charge is -2.32. The normalized spacial score (nSPS) is 12.3. The topological polar surface area (TPSA) is 67.9 Å². The Kier molecular flexibility index (Phi) is 10.7. The number of halogens is 1. The fraction of sp³-hybridized carbons (Fsp3) is 0.355. The molecule has 0 aliphatic heterocycles. The predicted octanol–water partition coefficient (Wildman–Crippen LogP) is 5.33. The Labute approximate surface area is 224 Å². The van der Waals surface area contributed by atoms with Crippen LogP contribution in [0.25, 0.3) is 0 Å². The highest BCUT2D eigenvalue weighted by Crippen LogP contribution is 2.28. The first-order valence-corrected chi connectivity index (χ1v) is 12.9. The molecular formula is C31H37FN2O4. The zero-order valence-electron chi connectivity index (χ0n) is 22.6. The molecule has 0 unspecified atom stereocenters. The maximum Gasteiger partial charge on any atom is 0.243 e. The quantitative estimate of drug-likeness (QED) is 0.331. The highest BCUT2D eigenvalue weighted by atomic mass is 19.1. The van der Waals surface area contributed by atoms with Gasteiger partial charge in [0.05, 0.1) is 14.2 Å². The molecule has 1 N–H and O–H groups in total. The minimum atomic E-state index is -0.727. The van der Waals surface area contributed by atoms with Crippen LogP contribution in [-0.2, 0) is 29.0 Å². The summed E-state index contributed by atoms with van der Waals surface area (Å²) in [4.78, 5) is 28.9. The average molecular weight is 521 g/mol. The first kappa shape index (κ1) is 28.7. The number of amides is 2. The molecule has 0 spiro atoms. The zero-order valence-corrected chi connectivity index (χ0v) is 22.6. The van der Waals surface area contributed by atoms with E-state index in [0.717, 1.165) is 23.1 Å². The third kappa shape index (κ3) is 8.07. The molecule has 202 valence electrons. The van der Waals surface area contributed by atoms with Gasteiger partial charge in [-0.15, -0.1) is 0 Å². The Morgan fingerprint density at radius 2 is 1.55 bits per heavy atom. The van der Waals surface area contributed by atoms with Crippen LogP contribution in [0.3, 0.4) is 0 Å². The smallest absolute Gasteiger partial charge is 0.243 e. The Hall–Kier alpha value is -3.87. The second-order valence-electron chi connectivity index (χ2n) is 9.36. The largest absolute Gasteiger partial charge is 0.493 e. The number of hydrogen-bond acceptors (Lipinski definition) is 4. The lowest BCUT2D eigenvalue weighted by Crippen LogP contribution is -2.52. The SMILES string of the molecule is CC[C@@H](C)NC(=O)[C@@H](Cc1ccccc1)N(Cc1ccc(F)cc1)C(=O)CCc1ccc(OC)c(OC)c1. The Morgan fingerprint density at radius 3 is 2.18 bits per heavy atom. The van der Waals surface area contributed by atoms with Gasteiger partial charge in [-0.3, -0.25) is 9.59 Å². The van der Waals surface area contributed by atoms with Crippen molar-refractivity contribution in [2.75, 3.05) is 14.2 Å². The van der Waals surface area contributed by atoms with Crippen LogP contribution in [0.5, 0.6) is 11.5 Å². The van der Waals surface area contributed by atoms with E-state index in [9.17, 15) is 14.0 Å². The first-order valence-electron chi connectivity index (χ1n) is 12.9. The van der Waals surface area contributed by atoms with Crippen molar-refractivity contribution in [2.45, 2.75) is 58.2 Å². The number of ether oxygens (including phenoxy) is 2. The van der Waals surface area contributed by atoms with Crippen molar-refractivity contribution in [3.8, 4) is 11.5 Å². The number of methoxy groups -OCH3 is 2. The minimum absolute atomic E-state index is 0.0321. The van der Waals surface area contributed by atoms with Gasteiger partial charge in [0.25, 0.3) is 0 Å². The predicted molar refractivity (Wildman–Crippen MR) is 147 cm³/mol. The summed E-state index contributed by atoms with van der Waals surface area (Å²) in [6.07, 6.45) is 1.80. The Bertz CT molecular complexity index is 1180. The van der Waals surface area contributed by atoms with Gasteiger partial charge in [0.15, 0.2) is 11.5 Å². The molecule has 0 radical (unpaired) electrons. The van der Waals surface area contributed by atoms with E-state index >= 15 is 0 Å². The number of carbonyl (C=O) groups excluding carboxylic acids is 2.